The number of alkyl halides is 2. The van der Waals surface area contributed by atoms with Crippen LogP contribution in [0.2, 0.25) is 0 Å². The van der Waals surface area contributed by atoms with Crippen LogP contribution in [0.25, 0.3) is 0 Å². The van der Waals surface area contributed by atoms with E-state index >= 15 is 0 Å². The second-order valence-corrected chi connectivity index (χ2v) is 6.32. The van der Waals surface area contributed by atoms with E-state index in [1.807, 2.05) is 4.57 Å². The first-order valence-electron chi connectivity index (χ1n) is 6.50. The number of halogens is 3. The van der Waals surface area contributed by atoms with Crippen molar-refractivity contribution in [1.82, 2.24) is 19.8 Å². The molecule has 0 unspecified atom stereocenters. The molecule has 2 heterocycles. The lowest BCUT2D eigenvalue weighted by atomic mass is 9.80. The monoisotopic (exact) mass is 396 g/mol. The summed E-state index contributed by atoms with van der Waals surface area (Å²) < 4.78 is 28.9. The van der Waals surface area contributed by atoms with E-state index in [1.165, 1.54) is 0 Å². The minimum Gasteiger partial charge on any atom is -0.341 e. The van der Waals surface area contributed by atoms with Crippen LogP contribution in [-0.4, -0.2) is 40.0 Å². The van der Waals surface area contributed by atoms with Crippen LogP contribution in [0.1, 0.15) is 30.3 Å². The number of hydrogen-bond acceptors (Lipinski definition) is 2. The Balaban J connectivity index is 1.83. The summed E-state index contributed by atoms with van der Waals surface area (Å²) >= 11 is 2.11. The van der Waals surface area contributed by atoms with Gasteiger partial charge in [0.2, 0.25) is 5.92 Å². The quantitative estimate of drug-likeness (QED) is 0.740. The van der Waals surface area contributed by atoms with Gasteiger partial charge in [0, 0.05) is 38.9 Å². The molecule has 0 aromatic carbocycles. The second-order valence-electron chi connectivity index (χ2n) is 5.30. The van der Waals surface area contributed by atoms with Gasteiger partial charge >= 0.3 is 6.03 Å². The van der Waals surface area contributed by atoms with Crippen molar-refractivity contribution in [2.45, 2.75) is 37.8 Å². The van der Waals surface area contributed by atoms with Gasteiger partial charge in [-0.25, -0.2) is 18.6 Å². The number of amides is 2. The molecule has 0 saturated heterocycles. The van der Waals surface area contributed by atoms with Crippen molar-refractivity contribution in [3.05, 3.63) is 15.2 Å². The molecular weight excluding hydrogens is 381 g/mol. The molecule has 110 valence electrons. The predicted molar refractivity (Wildman–Crippen MR) is 76.7 cm³/mol. The van der Waals surface area contributed by atoms with Crippen LogP contribution < -0.4 is 5.32 Å². The minimum absolute atomic E-state index is 0.112. The summed E-state index contributed by atoms with van der Waals surface area (Å²) in [6.07, 6.45) is -0.225. The van der Waals surface area contributed by atoms with Gasteiger partial charge in [0.1, 0.15) is 9.53 Å². The van der Waals surface area contributed by atoms with E-state index in [9.17, 15) is 13.6 Å². The average Bonchev–Trinajstić information content (AvgIpc) is 2.72. The number of aromatic nitrogens is 2. The van der Waals surface area contributed by atoms with Crippen LogP contribution >= 0.6 is 22.6 Å². The summed E-state index contributed by atoms with van der Waals surface area (Å²) in [5.74, 6) is -1.93. The van der Waals surface area contributed by atoms with Crippen LogP contribution in [0, 0.1) is 3.70 Å². The summed E-state index contributed by atoms with van der Waals surface area (Å²) in [6.45, 7) is 1.68. The Bertz CT molecular complexity index is 552. The Morgan fingerprint density at radius 2 is 2.15 bits per heavy atom. The van der Waals surface area contributed by atoms with Crippen molar-refractivity contribution in [2.75, 3.05) is 13.6 Å². The molecule has 0 atom stereocenters. The Labute approximate surface area is 128 Å². The van der Waals surface area contributed by atoms with Gasteiger partial charge in [0.05, 0.1) is 12.2 Å². The maximum Gasteiger partial charge on any atom is 0.317 e. The fourth-order valence-electron chi connectivity index (χ4n) is 2.84. The topological polar surface area (TPSA) is 50.2 Å². The highest BCUT2D eigenvalue weighted by Gasteiger charge is 2.48. The molecule has 20 heavy (non-hydrogen) atoms. The van der Waals surface area contributed by atoms with Gasteiger partial charge < -0.3 is 14.8 Å². The first kappa shape index (κ1) is 14.0. The molecule has 0 spiro atoms. The van der Waals surface area contributed by atoms with Gasteiger partial charge in [-0.2, -0.15) is 0 Å². The van der Waals surface area contributed by atoms with Gasteiger partial charge in [-0.05, 0) is 22.6 Å². The zero-order chi connectivity index (χ0) is 14.5. The molecule has 1 aromatic rings. The summed E-state index contributed by atoms with van der Waals surface area (Å²) in [5.41, 5.74) is 0.950. The fraction of sp³-hybridized carbons (Fsp3) is 0.667. The average molecular weight is 396 g/mol. The summed E-state index contributed by atoms with van der Waals surface area (Å²) in [7, 11) is 1.60. The summed E-state index contributed by atoms with van der Waals surface area (Å²) in [4.78, 5) is 17.8. The van der Waals surface area contributed by atoms with E-state index in [2.05, 4.69) is 32.9 Å². The number of carbonyl (C=O) groups is 1. The van der Waals surface area contributed by atoms with Crippen LogP contribution in [0.15, 0.2) is 0 Å². The number of fused-ring (bicyclic) bond motifs is 1. The molecule has 1 fully saturated rings. The zero-order valence-electron chi connectivity index (χ0n) is 11.0. The van der Waals surface area contributed by atoms with E-state index in [1.54, 1.807) is 11.9 Å². The Morgan fingerprint density at radius 1 is 1.45 bits per heavy atom. The molecule has 3 rings (SSSR count). The molecule has 0 radical (unpaired) electrons. The van der Waals surface area contributed by atoms with E-state index in [4.69, 9.17) is 0 Å². The molecule has 5 nitrogen and oxygen atoms in total. The molecule has 2 amide bonds. The van der Waals surface area contributed by atoms with Crippen LogP contribution in [0.3, 0.4) is 0 Å². The lowest BCUT2D eigenvalue weighted by Crippen LogP contribution is -2.43. The number of nitrogens with zero attached hydrogens (tertiary/aromatic N) is 3. The number of hydrogen-bond donors (Lipinski definition) is 1. The highest BCUT2D eigenvalue weighted by Crippen LogP contribution is 2.48. The molecule has 1 aromatic heterocycles. The lowest BCUT2D eigenvalue weighted by molar-refractivity contribution is -0.0892. The van der Waals surface area contributed by atoms with Crippen molar-refractivity contribution < 1.29 is 13.6 Å². The van der Waals surface area contributed by atoms with Crippen molar-refractivity contribution in [1.29, 1.82) is 0 Å². The number of imidazole rings is 1. The van der Waals surface area contributed by atoms with E-state index in [0.29, 0.717) is 19.6 Å². The third-order valence-electron chi connectivity index (χ3n) is 3.94. The molecule has 1 saturated carbocycles. The highest BCUT2D eigenvalue weighted by molar-refractivity contribution is 14.1. The van der Waals surface area contributed by atoms with Gasteiger partial charge in [0.25, 0.3) is 0 Å². The molecule has 1 N–H and O–H groups in total. The first-order chi connectivity index (χ1) is 9.41. The largest absolute Gasteiger partial charge is 0.341 e. The zero-order valence-corrected chi connectivity index (χ0v) is 13.2. The Kier molecular flexibility index (Phi) is 3.38. The number of carbonyl (C=O) groups excluding carboxylic acids is 1. The van der Waals surface area contributed by atoms with Gasteiger partial charge in [-0.3, -0.25) is 0 Å². The molecule has 1 aliphatic carbocycles. The van der Waals surface area contributed by atoms with E-state index < -0.39 is 5.92 Å². The van der Waals surface area contributed by atoms with Gasteiger partial charge in [0.15, 0.2) is 0 Å². The second kappa shape index (κ2) is 4.81. The third-order valence-corrected chi connectivity index (χ3v) is 4.81. The smallest absolute Gasteiger partial charge is 0.317 e. The van der Waals surface area contributed by atoms with Crippen molar-refractivity contribution >= 4 is 28.6 Å². The van der Waals surface area contributed by atoms with Crippen LogP contribution in [-0.2, 0) is 13.1 Å². The third kappa shape index (κ3) is 2.27. The van der Waals surface area contributed by atoms with E-state index in [0.717, 1.165) is 15.2 Å². The molecule has 0 bridgehead atoms. The van der Waals surface area contributed by atoms with Crippen LogP contribution in [0.4, 0.5) is 13.6 Å². The first-order valence-corrected chi connectivity index (χ1v) is 7.58. The predicted octanol–water partition coefficient (Wildman–Crippen LogP) is 2.16. The lowest BCUT2D eigenvalue weighted by Gasteiger charge is -2.36. The number of rotatable bonds is 1. The van der Waals surface area contributed by atoms with Crippen molar-refractivity contribution in [2.24, 2.45) is 0 Å². The Hall–Kier alpha value is -0.930. The molecule has 8 heteroatoms. The number of urea groups is 1. The Morgan fingerprint density at radius 3 is 2.75 bits per heavy atom. The fourth-order valence-corrected chi connectivity index (χ4v) is 3.55. The minimum atomic E-state index is -2.54. The molecule has 1 aliphatic heterocycles. The van der Waals surface area contributed by atoms with Crippen LogP contribution in [0.5, 0.6) is 0 Å². The van der Waals surface area contributed by atoms with E-state index in [-0.39, 0.29) is 24.8 Å². The van der Waals surface area contributed by atoms with Crippen molar-refractivity contribution in [3.63, 3.8) is 0 Å². The SMILES string of the molecule is CNC(=O)N1CCn2c(C3CC(F)(F)C3)nc(I)c2C1. The van der Waals surface area contributed by atoms with Crippen molar-refractivity contribution in [3.8, 4) is 0 Å². The maximum absolute atomic E-state index is 13.0. The highest BCUT2D eigenvalue weighted by atomic mass is 127. The normalized spacial score (nSPS) is 21.3. The summed E-state index contributed by atoms with van der Waals surface area (Å²) in [6, 6.07) is -0.120. The molecular formula is C12H15F2IN4O. The van der Waals surface area contributed by atoms with Gasteiger partial charge in [-0.15, -0.1) is 0 Å². The van der Waals surface area contributed by atoms with Gasteiger partial charge in [-0.1, -0.05) is 0 Å². The number of nitrogens with one attached hydrogen (secondary N) is 1. The summed E-state index contributed by atoms with van der Waals surface area (Å²) in [5, 5.41) is 2.60. The maximum atomic E-state index is 13.0. The standard InChI is InChI=1S/C12H15F2IN4O/c1-16-11(20)18-2-3-19-8(6-18)9(15)17-10(19)7-4-12(13,14)5-7/h7H,2-6H2,1H3,(H,16,20). The molecule has 2 aliphatic rings.